The fourth-order valence-corrected chi connectivity index (χ4v) is 3.96. The predicted octanol–water partition coefficient (Wildman–Crippen LogP) is 1.46. The highest BCUT2D eigenvalue weighted by atomic mass is 32.2. The van der Waals surface area contributed by atoms with Crippen LogP contribution in [-0.4, -0.2) is 45.5 Å². The molecule has 0 radical (unpaired) electrons. The summed E-state index contributed by atoms with van der Waals surface area (Å²) >= 11 is 0. The van der Waals surface area contributed by atoms with Gasteiger partial charge in [-0.1, -0.05) is 6.92 Å². The molecular formula is C14H22N2O3S. The summed E-state index contributed by atoms with van der Waals surface area (Å²) in [6.07, 6.45) is 1.73. The number of nitrogens with one attached hydrogen (secondary N) is 1. The first kappa shape index (κ1) is 15.3. The Labute approximate surface area is 121 Å². The lowest BCUT2D eigenvalue weighted by Gasteiger charge is -2.31. The molecule has 1 aromatic carbocycles. The first-order valence-corrected chi connectivity index (χ1v) is 8.39. The minimum atomic E-state index is -3.38. The zero-order valence-corrected chi connectivity index (χ0v) is 12.8. The number of rotatable bonds is 5. The van der Waals surface area contributed by atoms with Crippen LogP contribution in [-0.2, 0) is 10.0 Å². The monoisotopic (exact) mass is 298 g/mol. The van der Waals surface area contributed by atoms with Crippen molar-refractivity contribution >= 4 is 10.0 Å². The Morgan fingerprint density at radius 1 is 1.25 bits per heavy atom. The number of hydrogen-bond donors (Lipinski definition) is 1. The predicted molar refractivity (Wildman–Crippen MR) is 78.5 cm³/mol. The van der Waals surface area contributed by atoms with Gasteiger partial charge >= 0.3 is 0 Å². The lowest BCUT2D eigenvalue weighted by molar-refractivity contribution is 0.292. The van der Waals surface area contributed by atoms with Gasteiger partial charge in [0.05, 0.1) is 12.0 Å². The highest BCUT2D eigenvalue weighted by molar-refractivity contribution is 7.89. The Kier molecular flexibility index (Phi) is 5.01. The Hall–Kier alpha value is -1.11. The largest absolute Gasteiger partial charge is 0.497 e. The third-order valence-corrected chi connectivity index (χ3v) is 5.56. The van der Waals surface area contributed by atoms with Crippen molar-refractivity contribution in [2.75, 3.05) is 26.7 Å². The van der Waals surface area contributed by atoms with Crippen molar-refractivity contribution in [3.8, 4) is 5.75 Å². The zero-order valence-electron chi connectivity index (χ0n) is 12.0. The summed E-state index contributed by atoms with van der Waals surface area (Å²) in [4.78, 5) is 0.334. The molecule has 1 fully saturated rings. The maximum absolute atomic E-state index is 12.5. The molecule has 1 aliphatic heterocycles. The molecule has 0 atom stereocenters. The smallest absolute Gasteiger partial charge is 0.243 e. The molecule has 2 rings (SSSR count). The van der Waals surface area contributed by atoms with E-state index in [1.54, 1.807) is 35.7 Å². The average Bonchev–Trinajstić information content (AvgIpc) is 2.48. The van der Waals surface area contributed by atoms with Gasteiger partial charge in [0.15, 0.2) is 0 Å². The molecule has 0 spiro atoms. The summed E-state index contributed by atoms with van der Waals surface area (Å²) in [6, 6.07) is 6.99. The molecule has 1 aliphatic rings. The van der Waals surface area contributed by atoms with E-state index >= 15 is 0 Å². The number of methoxy groups -OCH3 is 1. The number of benzene rings is 1. The topological polar surface area (TPSA) is 58.6 Å². The van der Waals surface area contributed by atoms with Crippen LogP contribution in [0.15, 0.2) is 29.2 Å². The van der Waals surface area contributed by atoms with Gasteiger partial charge in [0.2, 0.25) is 10.0 Å². The van der Waals surface area contributed by atoms with E-state index in [4.69, 9.17) is 4.74 Å². The molecule has 0 bridgehead atoms. The summed E-state index contributed by atoms with van der Waals surface area (Å²) in [5.41, 5.74) is 0. The van der Waals surface area contributed by atoms with Crippen LogP contribution in [0.4, 0.5) is 0 Å². The van der Waals surface area contributed by atoms with Crippen LogP contribution < -0.4 is 10.1 Å². The second-order valence-electron chi connectivity index (χ2n) is 4.91. The van der Waals surface area contributed by atoms with Gasteiger partial charge < -0.3 is 10.1 Å². The maximum Gasteiger partial charge on any atom is 0.243 e. The molecule has 1 heterocycles. The molecule has 0 aliphatic carbocycles. The first-order valence-electron chi connectivity index (χ1n) is 6.95. The summed E-state index contributed by atoms with van der Waals surface area (Å²) in [5.74, 6) is 0.662. The highest BCUT2D eigenvalue weighted by Gasteiger charge is 2.28. The van der Waals surface area contributed by atoms with Gasteiger partial charge in [-0.15, -0.1) is 0 Å². The van der Waals surface area contributed by atoms with Gasteiger partial charge in [0.1, 0.15) is 5.75 Å². The zero-order chi connectivity index (χ0) is 14.6. The Bertz CT molecular complexity index is 520. The summed E-state index contributed by atoms with van der Waals surface area (Å²) in [6.45, 7) is 4.15. The molecule has 0 amide bonds. The Balaban J connectivity index is 2.07. The number of ether oxygens (including phenoxy) is 1. The van der Waals surface area contributed by atoms with Crippen LogP contribution in [0.1, 0.15) is 19.8 Å². The SMILES string of the molecule is CCNC1CCN(S(=O)(=O)c2ccc(OC)cc2)CC1. The molecule has 0 saturated carbocycles. The molecule has 5 nitrogen and oxygen atoms in total. The molecule has 0 aromatic heterocycles. The van der Waals surface area contributed by atoms with E-state index in [1.807, 2.05) is 0 Å². The van der Waals surface area contributed by atoms with E-state index in [1.165, 1.54) is 0 Å². The summed E-state index contributed by atoms with van der Waals surface area (Å²) in [5, 5.41) is 3.37. The van der Waals surface area contributed by atoms with Crippen LogP contribution in [0, 0.1) is 0 Å². The molecule has 20 heavy (non-hydrogen) atoms. The Morgan fingerprint density at radius 2 is 1.85 bits per heavy atom. The van der Waals surface area contributed by atoms with Gasteiger partial charge in [-0.3, -0.25) is 0 Å². The molecular weight excluding hydrogens is 276 g/mol. The van der Waals surface area contributed by atoms with E-state index in [0.29, 0.717) is 29.8 Å². The fraction of sp³-hybridized carbons (Fsp3) is 0.571. The third kappa shape index (κ3) is 3.31. The second kappa shape index (κ2) is 6.56. The minimum Gasteiger partial charge on any atom is -0.497 e. The number of piperidine rings is 1. The van der Waals surface area contributed by atoms with E-state index < -0.39 is 10.0 Å². The van der Waals surface area contributed by atoms with E-state index in [2.05, 4.69) is 12.2 Å². The van der Waals surface area contributed by atoms with Crippen molar-refractivity contribution in [2.24, 2.45) is 0 Å². The standard InChI is InChI=1S/C14H22N2O3S/c1-3-15-12-8-10-16(11-9-12)20(17,18)14-6-4-13(19-2)5-7-14/h4-7,12,15H,3,8-11H2,1-2H3. The van der Waals surface area contributed by atoms with Crippen LogP contribution >= 0.6 is 0 Å². The van der Waals surface area contributed by atoms with Crippen molar-refractivity contribution in [3.05, 3.63) is 24.3 Å². The van der Waals surface area contributed by atoms with Gasteiger partial charge in [0, 0.05) is 19.1 Å². The summed E-state index contributed by atoms with van der Waals surface area (Å²) in [7, 11) is -1.81. The van der Waals surface area contributed by atoms with Crippen LogP contribution in [0.25, 0.3) is 0 Å². The first-order chi connectivity index (χ1) is 9.57. The quantitative estimate of drug-likeness (QED) is 0.894. The van der Waals surface area contributed by atoms with Crippen molar-refractivity contribution in [1.82, 2.24) is 9.62 Å². The molecule has 1 aromatic rings. The minimum absolute atomic E-state index is 0.334. The Morgan fingerprint density at radius 3 is 2.35 bits per heavy atom. The van der Waals surface area contributed by atoms with E-state index in [9.17, 15) is 8.42 Å². The summed E-state index contributed by atoms with van der Waals surface area (Å²) < 4.78 is 31.7. The highest BCUT2D eigenvalue weighted by Crippen LogP contribution is 2.22. The third-order valence-electron chi connectivity index (χ3n) is 3.64. The lowest BCUT2D eigenvalue weighted by Crippen LogP contribution is -2.44. The van der Waals surface area contributed by atoms with Crippen molar-refractivity contribution in [3.63, 3.8) is 0 Å². The van der Waals surface area contributed by atoms with Gasteiger partial charge in [-0.05, 0) is 43.7 Å². The van der Waals surface area contributed by atoms with E-state index in [-0.39, 0.29) is 0 Å². The average molecular weight is 298 g/mol. The van der Waals surface area contributed by atoms with Gasteiger partial charge in [-0.2, -0.15) is 4.31 Å². The van der Waals surface area contributed by atoms with Gasteiger partial charge in [0.25, 0.3) is 0 Å². The van der Waals surface area contributed by atoms with Crippen LogP contribution in [0.3, 0.4) is 0 Å². The van der Waals surface area contributed by atoms with Crippen molar-refractivity contribution in [2.45, 2.75) is 30.7 Å². The van der Waals surface area contributed by atoms with E-state index in [0.717, 1.165) is 19.4 Å². The fourth-order valence-electron chi connectivity index (χ4n) is 2.49. The molecule has 112 valence electrons. The number of nitrogens with zero attached hydrogens (tertiary/aromatic N) is 1. The molecule has 1 N–H and O–H groups in total. The normalized spacial score (nSPS) is 18.1. The molecule has 1 saturated heterocycles. The van der Waals surface area contributed by atoms with Gasteiger partial charge in [-0.25, -0.2) is 8.42 Å². The number of hydrogen-bond acceptors (Lipinski definition) is 4. The number of sulfonamides is 1. The van der Waals surface area contributed by atoms with Crippen LogP contribution in [0.2, 0.25) is 0 Å². The van der Waals surface area contributed by atoms with Crippen molar-refractivity contribution in [1.29, 1.82) is 0 Å². The molecule has 6 heteroatoms. The maximum atomic E-state index is 12.5. The van der Waals surface area contributed by atoms with Crippen LogP contribution in [0.5, 0.6) is 5.75 Å². The lowest BCUT2D eigenvalue weighted by atomic mass is 10.1. The molecule has 0 unspecified atom stereocenters. The van der Waals surface area contributed by atoms with Crippen molar-refractivity contribution < 1.29 is 13.2 Å². The second-order valence-corrected chi connectivity index (χ2v) is 6.85.